The SMILES string of the molecule is CC1=NN(CC(=O)c2ccsc2)C(=O)C1(C)[C@H]1C[C@@H]2CC[C@@H]1C2. The van der Waals surface area contributed by atoms with E-state index in [0.717, 1.165) is 18.1 Å². The molecule has 2 bridgehead atoms. The summed E-state index contributed by atoms with van der Waals surface area (Å²) < 4.78 is 0. The van der Waals surface area contributed by atoms with Crippen LogP contribution in [0.3, 0.4) is 0 Å². The molecule has 2 fully saturated rings. The number of hydrazone groups is 1. The molecule has 0 saturated heterocycles. The summed E-state index contributed by atoms with van der Waals surface area (Å²) >= 11 is 1.50. The summed E-state index contributed by atoms with van der Waals surface area (Å²) in [6.45, 7) is 4.07. The van der Waals surface area contributed by atoms with Crippen molar-refractivity contribution in [1.82, 2.24) is 5.01 Å². The van der Waals surface area contributed by atoms with E-state index in [2.05, 4.69) is 12.0 Å². The van der Waals surface area contributed by atoms with Crippen LogP contribution in [0.1, 0.15) is 49.9 Å². The normalized spacial score (nSPS) is 35.9. The van der Waals surface area contributed by atoms with E-state index in [0.29, 0.717) is 17.4 Å². The van der Waals surface area contributed by atoms with Crippen molar-refractivity contribution in [3.63, 3.8) is 0 Å². The third-order valence-corrected chi connectivity index (χ3v) is 7.00. The van der Waals surface area contributed by atoms with Gasteiger partial charge in [-0.3, -0.25) is 9.59 Å². The smallest absolute Gasteiger partial charge is 0.255 e. The van der Waals surface area contributed by atoms with Crippen molar-refractivity contribution < 1.29 is 9.59 Å². The molecule has 4 atom stereocenters. The Morgan fingerprint density at radius 3 is 2.87 bits per heavy atom. The standard InChI is InChI=1S/C18H22N2O2S/c1-11-18(2,15-8-12-3-4-13(15)7-12)17(22)20(19-11)9-16(21)14-5-6-23-10-14/h5-6,10,12-13,15H,3-4,7-9H2,1-2H3/t12-,13-,15+,18?/m1/s1. The molecule has 1 aliphatic heterocycles. The highest BCUT2D eigenvalue weighted by molar-refractivity contribution is 7.08. The first-order valence-electron chi connectivity index (χ1n) is 8.43. The number of hydrogen-bond acceptors (Lipinski definition) is 4. The summed E-state index contributed by atoms with van der Waals surface area (Å²) in [5.74, 6) is 1.85. The predicted octanol–water partition coefficient (Wildman–Crippen LogP) is 3.59. The van der Waals surface area contributed by atoms with Crippen molar-refractivity contribution in [2.45, 2.75) is 39.5 Å². The van der Waals surface area contributed by atoms with Crippen LogP contribution in [-0.2, 0) is 4.79 Å². The van der Waals surface area contributed by atoms with E-state index in [-0.39, 0.29) is 18.2 Å². The highest BCUT2D eigenvalue weighted by atomic mass is 32.1. The Balaban J connectivity index is 1.54. The van der Waals surface area contributed by atoms with Gasteiger partial charge in [0.15, 0.2) is 5.78 Å². The van der Waals surface area contributed by atoms with Gasteiger partial charge in [-0.25, -0.2) is 5.01 Å². The predicted molar refractivity (Wildman–Crippen MR) is 90.5 cm³/mol. The molecule has 4 nitrogen and oxygen atoms in total. The number of Topliss-reactive ketones (excluding diaryl/α,β-unsaturated/α-hetero) is 1. The summed E-state index contributed by atoms with van der Waals surface area (Å²) in [6.07, 6.45) is 4.99. The minimum atomic E-state index is -0.505. The van der Waals surface area contributed by atoms with Crippen LogP contribution in [0.15, 0.2) is 21.9 Å². The number of amides is 1. The van der Waals surface area contributed by atoms with Gasteiger partial charge in [-0.2, -0.15) is 16.4 Å². The van der Waals surface area contributed by atoms with Crippen LogP contribution in [0.4, 0.5) is 0 Å². The van der Waals surface area contributed by atoms with Crippen molar-refractivity contribution in [2.75, 3.05) is 6.54 Å². The van der Waals surface area contributed by atoms with Gasteiger partial charge in [-0.05, 0) is 62.3 Å². The number of carbonyl (C=O) groups is 2. The Bertz CT molecular complexity index is 681. The van der Waals surface area contributed by atoms with Crippen molar-refractivity contribution >= 4 is 28.7 Å². The van der Waals surface area contributed by atoms with Crippen LogP contribution in [0.25, 0.3) is 0 Å². The zero-order valence-electron chi connectivity index (χ0n) is 13.6. The van der Waals surface area contributed by atoms with E-state index in [1.807, 2.05) is 17.7 Å². The first kappa shape index (κ1) is 15.1. The average Bonchev–Trinajstić information content (AvgIpc) is 3.30. The van der Waals surface area contributed by atoms with Gasteiger partial charge in [0.1, 0.15) is 6.54 Å². The fraction of sp³-hybridized carbons (Fsp3) is 0.611. The number of fused-ring (bicyclic) bond motifs is 2. The number of carbonyl (C=O) groups excluding carboxylic acids is 2. The lowest BCUT2D eigenvalue weighted by atomic mass is 9.66. The topological polar surface area (TPSA) is 49.7 Å². The van der Waals surface area contributed by atoms with E-state index < -0.39 is 5.41 Å². The van der Waals surface area contributed by atoms with Gasteiger partial charge < -0.3 is 0 Å². The maximum absolute atomic E-state index is 13.1. The zero-order chi connectivity index (χ0) is 16.2. The quantitative estimate of drug-likeness (QED) is 0.792. The van der Waals surface area contributed by atoms with Gasteiger partial charge in [0.2, 0.25) is 0 Å². The molecular formula is C18H22N2O2S. The Morgan fingerprint density at radius 1 is 1.43 bits per heavy atom. The Hall–Kier alpha value is -1.49. The molecule has 23 heavy (non-hydrogen) atoms. The van der Waals surface area contributed by atoms with Gasteiger partial charge in [0.25, 0.3) is 5.91 Å². The van der Waals surface area contributed by atoms with E-state index in [1.54, 1.807) is 6.07 Å². The second-order valence-electron chi connectivity index (χ2n) is 7.47. The lowest BCUT2D eigenvalue weighted by Gasteiger charge is -2.35. The van der Waals surface area contributed by atoms with Gasteiger partial charge in [0, 0.05) is 10.9 Å². The highest BCUT2D eigenvalue weighted by Gasteiger charge is 2.57. The molecule has 3 aliphatic rings. The maximum atomic E-state index is 13.1. The van der Waals surface area contributed by atoms with Crippen LogP contribution in [0.2, 0.25) is 0 Å². The second kappa shape index (κ2) is 5.26. The molecule has 5 heteroatoms. The lowest BCUT2D eigenvalue weighted by molar-refractivity contribution is -0.138. The molecule has 0 spiro atoms. The van der Waals surface area contributed by atoms with Gasteiger partial charge in [-0.1, -0.05) is 6.42 Å². The minimum Gasteiger partial charge on any atom is -0.292 e. The molecule has 0 N–H and O–H groups in total. The van der Waals surface area contributed by atoms with Gasteiger partial charge in [-0.15, -0.1) is 0 Å². The van der Waals surface area contributed by atoms with Crippen molar-refractivity contribution in [1.29, 1.82) is 0 Å². The van der Waals surface area contributed by atoms with Gasteiger partial charge in [0.05, 0.1) is 11.1 Å². The molecule has 1 aromatic rings. The highest BCUT2D eigenvalue weighted by Crippen LogP contribution is 2.56. The molecular weight excluding hydrogens is 308 g/mol. The molecule has 2 heterocycles. The summed E-state index contributed by atoms with van der Waals surface area (Å²) in [6, 6.07) is 1.80. The maximum Gasteiger partial charge on any atom is 0.255 e. The molecule has 0 aromatic carbocycles. The van der Waals surface area contributed by atoms with E-state index >= 15 is 0 Å². The van der Waals surface area contributed by atoms with Crippen molar-refractivity contribution in [2.24, 2.45) is 28.3 Å². The van der Waals surface area contributed by atoms with Crippen LogP contribution >= 0.6 is 11.3 Å². The van der Waals surface area contributed by atoms with E-state index in [1.165, 1.54) is 35.6 Å². The molecule has 1 aromatic heterocycles. The minimum absolute atomic E-state index is 0.0242. The summed E-state index contributed by atoms with van der Waals surface area (Å²) in [7, 11) is 0. The zero-order valence-corrected chi connectivity index (χ0v) is 14.4. The largest absolute Gasteiger partial charge is 0.292 e. The molecule has 4 rings (SSSR count). The van der Waals surface area contributed by atoms with Crippen LogP contribution in [0.5, 0.6) is 0 Å². The van der Waals surface area contributed by atoms with Crippen molar-refractivity contribution in [3.8, 4) is 0 Å². The summed E-state index contributed by atoms with van der Waals surface area (Å²) in [5, 5.41) is 9.61. The fourth-order valence-corrected chi connectivity index (χ4v) is 5.55. The Morgan fingerprint density at radius 2 is 2.26 bits per heavy atom. The lowest BCUT2D eigenvalue weighted by Crippen LogP contribution is -2.45. The third kappa shape index (κ3) is 2.20. The molecule has 1 unspecified atom stereocenters. The molecule has 2 saturated carbocycles. The number of hydrogen-bond donors (Lipinski definition) is 0. The van der Waals surface area contributed by atoms with Crippen LogP contribution in [0, 0.1) is 23.2 Å². The first-order valence-corrected chi connectivity index (χ1v) is 9.37. The number of rotatable bonds is 4. The number of nitrogens with zero attached hydrogens (tertiary/aromatic N) is 2. The second-order valence-corrected chi connectivity index (χ2v) is 8.25. The molecule has 122 valence electrons. The van der Waals surface area contributed by atoms with Crippen molar-refractivity contribution in [3.05, 3.63) is 22.4 Å². The molecule has 0 radical (unpaired) electrons. The average molecular weight is 330 g/mol. The number of ketones is 1. The van der Waals surface area contributed by atoms with E-state index in [9.17, 15) is 9.59 Å². The summed E-state index contributed by atoms with van der Waals surface area (Å²) in [4.78, 5) is 25.4. The monoisotopic (exact) mass is 330 g/mol. The summed E-state index contributed by atoms with van der Waals surface area (Å²) in [5.41, 5.74) is 1.05. The Kier molecular flexibility index (Phi) is 3.45. The van der Waals surface area contributed by atoms with Crippen LogP contribution in [-0.4, -0.2) is 29.0 Å². The molecule has 2 aliphatic carbocycles. The van der Waals surface area contributed by atoms with Crippen LogP contribution < -0.4 is 0 Å². The first-order chi connectivity index (χ1) is 11.0. The third-order valence-electron chi connectivity index (χ3n) is 6.32. The Labute approximate surface area is 140 Å². The molecule has 1 amide bonds. The number of thiophene rings is 1. The fourth-order valence-electron chi connectivity index (χ4n) is 4.89. The van der Waals surface area contributed by atoms with E-state index in [4.69, 9.17) is 0 Å². The van der Waals surface area contributed by atoms with Gasteiger partial charge >= 0.3 is 0 Å².